The molecule has 0 amide bonds. The number of aromatic nitrogens is 2. The van der Waals surface area contributed by atoms with Crippen LogP contribution in [0.15, 0.2) is 36.8 Å². The minimum atomic E-state index is 0.133. The van der Waals surface area contributed by atoms with E-state index < -0.39 is 0 Å². The molecule has 0 radical (unpaired) electrons. The first-order valence-corrected chi connectivity index (χ1v) is 7.35. The van der Waals surface area contributed by atoms with Crippen molar-refractivity contribution >= 4 is 0 Å². The summed E-state index contributed by atoms with van der Waals surface area (Å²) in [6, 6.07) is 9.29. The van der Waals surface area contributed by atoms with Crippen molar-refractivity contribution in [1.82, 2.24) is 14.9 Å². The van der Waals surface area contributed by atoms with Crippen molar-refractivity contribution in [3.8, 4) is 0 Å². The van der Waals surface area contributed by atoms with Gasteiger partial charge in [-0.25, -0.2) is 4.98 Å². The number of rotatable bonds is 3. The maximum absolute atomic E-state index is 4.35. The lowest BCUT2D eigenvalue weighted by Crippen LogP contribution is -2.35. The summed E-state index contributed by atoms with van der Waals surface area (Å²) in [4.78, 5) is 4.35. The van der Waals surface area contributed by atoms with Gasteiger partial charge < -0.3 is 9.88 Å². The molecule has 0 bridgehead atoms. The topological polar surface area (TPSA) is 29.9 Å². The van der Waals surface area contributed by atoms with Gasteiger partial charge in [-0.05, 0) is 44.7 Å². The molecule has 3 heteroatoms. The molecular formula is C17H23N3. The number of imidazole rings is 1. The number of nitrogens with one attached hydrogen (secondary N) is 1. The predicted molar refractivity (Wildman–Crippen MR) is 81.7 cm³/mol. The summed E-state index contributed by atoms with van der Waals surface area (Å²) >= 11 is 0. The first kappa shape index (κ1) is 13.4. The summed E-state index contributed by atoms with van der Waals surface area (Å²) in [5, 5.41) is 3.55. The van der Waals surface area contributed by atoms with E-state index in [0.717, 1.165) is 19.4 Å². The van der Waals surface area contributed by atoms with Crippen LogP contribution in [0.1, 0.15) is 43.6 Å². The standard InChI is InChI=1S/C17H23N3/c1-17(2,3)19-11-16-10-18-12-20(16)15-8-13-6-4-5-7-14(13)9-15/h4-7,10,12,15,19H,8-9,11H2,1-3H3. The molecule has 3 nitrogen and oxygen atoms in total. The van der Waals surface area contributed by atoms with E-state index in [0.29, 0.717) is 6.04 Å². The zero-order valence-corrected chi connectivity index (χ0v) is 12.6. The van der Waals surface area contributed by atoms with Gasteiger partial charge in [0.05, 0.1) is 12.0 Å². The maximum Gasteiger partial charge on any atom is 0.0951 e. The number of benzene rings is 1. The van der Waals surface area contributed by atoms with Gasteiger partial charge in [0.1, 0.15) is 0 Å². The van der Waals surface area contributed by atoms with E-state index in [-0.39, 0.29) is 5.54 Å². The van der Waals surface area contributed by atoms with Gasteiger partial charge >= 0.3 is 0 Å². The number of nitrogens with zero attached hydrogens (tertiary/aromatic N) is 2. The molecule has 1 aliphatic carbocycles. The molecule has 1 N–H and O–H groups in total. The van der Waals surface area contributed by atoms with Crippen LogP contribution in [-0.2, 0) is 19.4 Å². The van der Waals surface area contributed by atoms with Crippen LogP contribution < -0.4 is 5.32 Å². The molecule has 20 heavy (non-hydrogen) atoms. The van der Waals surface area contributed by atoms with Crippen LogP contribution in [0.25, 0.3) is 0 Å². The molecule has 0 saturated carbocycles. The highest BCUT2D eigenvalue weighted by Gasteiger charge is 2.24. The van der Waals surface area contributed by atoms with Crippen LogP contribution in [-0.4, -0.2) is 15.1 Å². The molecule has 1 aromatic heterocycles. The van der Waals surface area contributed by atoms with Gasteiger partial charge in [-0.1, -0.05) is 24.3 Å². The SMILES string of the molecule is CC(C)(C)NCc1cncn1C1Cc2ccccc2C1. The third-order valence-corrected chi connectivity index (χ3v) is 3.97. The second-order valence-electron chi connectivity index (χ2n) is 6.73. The summed E-state index contributed by atoms with van der Waals surface area (Å²) in [6.45, 7) is 7.45. The Morgan fingerprint density at radius 2 is 1.85 bits per heavy atom. The Kier molecular flexibility index (Phi) is 3.38. The fourth-order valence-electron chi connectivity index (χ4n) is 2.89. The number of hydrogen-bond donors (Lipinski definition) is 1. The Bertz CT molecular complexity index is 567. The normalized spacial score (nSPS) is 15.6. The maximum atomic E-state index is 4.35. The van der Waals surface area contributed by atoms with Gasteiger partial charge in [0.25, 0.3) is 0 Å². The van der Waals surface area contributed by atoms with Crippen molar-refractivity contribution in [2.45, 2.75) is 51.7 Å². The zero-order chi connectivity index (χ0) is 14.2. The summed E-state index contributed by atoms with van der Waals surface area (Å²) in [5.41, 5.74) is 4.38. The van der Waals surface area contributed by atoms with E-state index in [1.54, 1.807) is 0 Å². The van der Waals surface area contributed by atoms with Gasteiger partial charge in [-0.15, -0.1) is 0 Å². The van der Waals surface area contributed by atoms with Crippen molar-refractivity contribution in [2.75, 3.05) is 0 Å². The Hall–Kier alpha value is -1.61. The second-order valence-corrected chi connectivity index (χ2v) is 6.73. The van der Waals surface area contributed by atoms with E-state index in [1.165, 1.54) is 16.8 Å². The summed E-state index contributed by atoms with van der Waals surface area (Å²) in [5.74, 6) is 0. The van der Waals surface area contributed by atoms with Crippen molar-refractivity contribution in [2.24, 2.45) is 0 Å². The van der Waals surface area contributed by atoms with Crippen LogP contribution >= 0.6 is 0 Å². The van der Waals surface area contributed by atoms with E-state index in [9.17, 15) is 0 Å². The highest BCUT2D eigenvalue weighted by molar-refractivity contribution is 5.33. The van der Waals surface area contributed by atoms with E-state index in [4.69, 9.17) is 0 Å². The molecule has 0 aliphatic heterocycles. The smallest absolute Gasteiger partial charge is 0.0951 e. The summed E-state index contributed by atoms with van der Waals surface area (Å²) in [7, 11) is 0. The highest BCUT2D eigenvalue weighted by atomic mass is 15.1. The molecule has 1 aromatic carbocycles. The fourth-order valence-corrected chi connectivity index (χ4v) is 2.89. The van der Waals surface area contributed by atoms with Gasteiger partial charge in [-0.2, -0.15) is 0 Å². The second kappa shape index (κ2) is 5.06. The van der Waals surface area contributed by atoms with Crippen LogP contribution in [0.3, 0.4) is 0 Å². The minimum absolute atomic E-state index is 0.133. The largest absolute Gasteiger partial charge is 0.330 e. The first-order chi connectivity index (χ1) is 9.53. The molecule has 1 heterocycles. The lowest BCUT2D eigenvalue weighted by molar-refractivity contribution is 0.407. The molecular weight excluding hydrogens is 246 g/mol. The van der Waals surface area contributed by atoms with E-state index in [1.807, 2.05) is 12.5 Å². The molecule has 2 aromatic rings. The van der Waals surface area contributed by atoms with E-state index >= 15 is 0 Å². The lowest BCUT2D eigenvalue weighted by atomic mass is 10.1. The van der Waals surface area contributed by atoms with Crippen LogP contribution in [0.2, 0.25) is 0 Å². The monoisotopic (exact) mass is 269 g/mol. The van der Waals surface area contributed by atoms with Crippen molar-refractivity contribution in [3.63, 3.8) is 0 Å². The van der Waals surface area contributed by atoms with Gasteiger partial charge in [0, 0.05) is 24.3 Å². The van der Waals surface area contributed by atoms with Crippen molar-refractivity contribution < 1.29 is 0 Å². The van der Waals surface area contributed by atoms with E-state index in [2.05, 4.69) is 59.9 Å². The average molecular weight is 269 g/mol. The van der Waals surface area contributed by atoms with Crippen molar-refractivity contribution in [3.05, 3.63) is 53.6 Å². The molecule has 3 rings (SSSR count). The molecule has 0 unspecified atom stereocenters. The quantitative estimate of drug-likeness (QED) is 0.928. The summed E-state index contributed by atoms with van der Waals surface area (Å²) < 4.78 is 2.35. The average Bonchev–Trinajstić information content (AvgIpc) is 3.01. The summed E-state index contributed by atoms with van der Waals surface area (Å²) in [6.07, 6.45) is 6.21. The van der Waals surface area contributed by atoms with Crippen LogP contribution in [0.4, 0.5) is 0 Å². The molecule has 0 spiro atoms. The molecule has 0 saturated heterocycles. The Labute approximate surface area is 121 Å². The number of fused-ring (bicyclic) bond motifs is 1. The van der Waals surface area contributed by atoms with Gasteiger partial charge in [0.2, 0.25) is 0 Å². The molecule has 0 atom stereocenters. The van der Waals surface area contributed by atoms with Gasteiger partial charge in [0.15, 0.2) is 0 Å². The zero-order valence-electron chi connectivity index (χ0n) is 12.6. The molecule has 106 valence electrons. The molecule has 0 fully saturated rings. The Morgan fingerprint density at radius 3 is 2.45 bits per heavy atom. The lowest BCUT2D eigenvalue weighted by Gasteiger charge is -2.22. The van der Waals surface area contributed by atoms with Gasteiger partial charge in [-0.3, -0.25) is 0 Å². The highest BCUT2D eigenvalue weighted by Crippen LogP contribution is 2.30. The predicted octanol–water partition coefficient (Wildman–Crippen LogP) is 3.11. The Morgan fingerprint density at radius 1 is 1.20 bits per heavy atom. The third-order valence-electron chi connectivity index (χ3n) is 3.97. The third kappa shape index (κ3) is 2.78. The fraction of sp³-hybridized carbons (Fsp3) is 0.471. The minimum Gasteiger partial charge on any atom is -0.330 e. The van der Waals surface area contributed by atoms with Crippen LogP contribution in [0.5, 0.6) is 0 Å². The van der Waals surface area contributed by atoms with Crippen molar-refractivity contribution in [1.29, 1.82) is 0 Å². The number of hydrogen-bond acceptors (Lipinski definition) is 2. The van der Waals surface area contributed by atoms with Crippen LogP contribution in [0, 0.1) is 0 Å². The Balaban J connectivity index is 1.75. The first-order valence-electron chi connectivity index (χ1n) is 7.35. The molecule has 1 aliphatic rings.